The molecule has 0 aromatic heterocycles. The molecule has 1 aromatic carbocycles. The third kappa shape index (κ3) is 4.60. The number of hydrogen-bond donors (Lipinski definition) is 2. The van der Waals surface area contributed by atoms with E-state index in [9.17, 15) is 9.90 Å². The van der Waals surface area contributed by atoms with Crippen molar-refractivity contribution in [3.63, 3.8) is 0 Å². The molecular formula is C14H19N3O2. The second kappa shape index (κ2) is 8.11. The van der Waals surface area contributed by atoms with E-state index in [2.05, 4.69) is 5.32 Å². The molecule has 1 atom stereocenters. The van der Waals surface area contributed by atoms with Gasteiger partial charge in [0.15, 0.2) is 0 Å². The highest BCUT2D eigenvalue weighted by atomic mass is 16.3. The fourth-order valence-corrected chi connectivity index (χ4v) is 1.85. The van der Waals surface area contributed by atoms with Crippen LogP contribution in [0.3, 0.4) is 0 Å². The van der Waals surface area contributed by atoms with Gasteiger partial charge in [-0.1, -0.05) is 25.1 Å². The lowest BCUT2D eigenvalue weighted by Gasteiger charge is -2.31. The third-order valence-electron chi connectivity index (χ3n) is 2.89. The Kier molecular flexibility index (Phi) is 6.41. The van der Waals surface area contributed by atoms with Gasteiger partial charge in [0.25, 0.3) is 0 Å². The minimum atomic E-state index is -0.225. The van der Waals surface area contributed by atoms with E-state index in [0.29, 0.717) is 0 Å². The Morgan fingerprint density at radius 3 is 2.68 bits per heavy atom. The van der Waals surface area contributed by atoms with Crippen molar-refractivity contribution in [3.8, 4) is 6.07 Å². The van der Waals surface area contributed by atoms with Crippen LogP contribution in [0, 0.1) is 11.3 Å². The number of nitrogens with zero attached hydrogens (tertiary/aromatic N) is 2. The monoisotopic (exact) mass is 261 g/mol. The van der Waals surface area contributed by atoms with Crippen molar-refractivity contribution in [1.82, 2.24) is 5.32 Å². The molecule has 0 radical (unpaired) electrons. The van der Waals surface area contributed by atoms with Crippen molar-refractivity contribution in [3.05, 3.63) is 30.3 Å². The third-order valence-corrected chi connectivity index (χ3v) is 2.89. The van der Waals surface area contributed by atoms with E-state index in [1.165, 1.54) is 0 Å². The Labute approximate surface area is 113 Å². The van der Waals surface area contributed by atoms with Crippen LogP contribution in [0.25, 0.3) is 0 Å². The van der Waals surface area contributed by atoms with Crippen molar-refractivity contribution in [1.29, 1.82) is 5.26 Å². The average molecular weight is 261 g/mol. The van der Waals surface area contributed by atoms with E-state index in [4.69, 9.17) is 5.26 Å². The summed E-state index contributed by atoms with van der Waals surface area (Å²) in [5, 5.41) is 20.4. The lowest BCUT2D eigenvalue weighted by molar-refractivity contribution is -0.119. The average Bonchev–Trinajstić information content (AvgIpc) is 2.46. The molecular weight excluding hydrogens is 242 g/mol. The molecule has 0 saturated carbocycles. The zero-order chi connectivity index (χ0) is 14.1. The highest BCUT2D eigenvalue weighted by molar-refractivity contribution is 5.81. The van der Waals surface area contributed by atoms with Gasteiger partial charge in [0.05, 0.1) is 25.3 Å². The molecule has 0 fully saturated rings. The molecule has 0 bridgehead atoms. The van der Waals surface area contributed by atoms with Crippen LogP contribution in [0.5, 0.6) is 0 Å². The van der Waals surface area contributed by atoms with Crippen molar-refractivity contribution in [2.75, 3.05) is 24.6 Å². The first-order chi connectivity index (χ1) is 9.22. The summed E-state index contributed by atoms with van der Waals surface area (Å²) in [6.07, 6.45) is 0.733. The lowest BCUT2D eigenvalue weighted by Crippen LogP contribution is -2.44. The molecule has 0 spiro atoms. The number of carbonyl (C=O) groups excluding carboxylic acids is 1. The Morgan fingerprint density at radius 2 is 2.16 bits per heavy atom. The minimum Gasteiger partial charge on any atom is -0.394 e. The van der Waals surface area contributed by atoms with Crippen LogP contribution in [0.2, 0.25) is 0 Å². The van der Waals surface area contributed by atoms with Gasteiger partial charge in [0.2, 0.25) is 5.91 Å². The molecule has 1 amide bonds. The van der Waals surface area contributed by atoms with Gasteiger partial charge in [-0.05, 0) is 18.6 Å². The number of aliphatic hydroxyl groups is 1. The first-order valence-electron chi connectivity index (χ1n) is 6.29. The molecule has 5 nitrogen and oxygen atoms in total. The number of aliphatic hydroxyl groups excluding tert-OH is 1. The molecule has 0 aliphatic carbocycles. The largest absolute Gasteiger partial charge is 0.394 e. The molecule has 19 heavy (non-hydrogen) atoms. The minimum absolute atomic E-state index is 0.00260. The van der Waals surface area contributed by atoms with Crippen LogP contribution in [0.15, 0.2) is 30.3 Å². The van der Waals surface area contributed by atoms with Crippen LogP contribution in [0.1, 0.15) is 13.3 Å². The fourth-order valence-electron chi connectivity index (χ4n) is 1.85. The molecule has 2 N–H and O–H groups in total. The summed E-state index contributed by atoms with van der Waals surface area (Å²) in [6.45, 7) is 2.07. The number of benzene rings is 1. The molecule has 5 heteroatoms. The van der Waals surface area contributed by atoms with Crippen LogP contribution < -0.4 is 10.2 Å². The van der Waals surface area contributed by atoms with Gasteiger partial charge in [-0.3, -0.25) is 4.79 Å². The number of nitrogens with one attached hydrogen (secondary N) is 1. The van der Waals surface area contributed by atoms with E-state index in [-0.39, 0.29) is 31.6 Å². The second-order valence-corrected chi connectivity index (χ2v) is 4.14. The van der Waals surface area contributed by atoms with Crippen molar-refractivity contribution in [2.45, 2.75) is 19.4 Å². The first-order valence-corrected chi connectivity index (χ1v) is 6.29. The number of rotatable bonds is 7. The lowest BCUT2D eigenvalue weighted by atomic mass is 10.1. The number of nitriles is 1. The van der Waals surface area contributed by atoms with Gasteiger partial charge in [0.1, 0.15) is 6.54 Å². The molecule has 0 aliphatic heterocycles. The quantitative estimate of drug-likeness (QED) is 0.715. The molecule has 0 heterocycles. The Balaban J connectivity index is 2.82. The number of hydrogen-bond acceptors (Lipinski definition) is 4. The predicted octanol–water partition coefficient (Wildman–Crippen LogP) is 0.904. The number of amides is 1. The molecule has 1 aromatic rings. The molecule has 1 unspecified atom stereocenters. The summed E-state index contributed by atoms with van der Waals surface area (Å²) >= 11 is 0. The van der Waals surface area contributed by atoms with Gasteiger partial charge in [0, 0.05) is 5.69 Å². The van der Waals surface area contributed by atoms with E-state index >= 15 is 0 Å². The summed E-state index contributed by atoms with van der Waals surface area (Å²) in [6, 6.07) is 11.2. The van der Waals surface area contributed by atoms with Crippen molar-refractivity contribution in [2.24, 2.45) is 0 Å². The van der Waals surface area contributed by atoms with Gasteiger partial charge in [-0.15, -0.1) is 0 Å². The zero-order valence-electron chi connectivity index (χ0n) is 11.0. The van der Waals surface area contributed by atoms with Crippen molar-refractivity contribution >= 4 is 11.6 Å². The summed E-state index contributed by atoms with van der Waals surface area (Å²) in [7, 11) is 0. The maximum absolute atomic E-state index is 11.7. The van der Waals surface area contributed by atoms with Crippen LogP contribution in [-0.2, 0) is 4.79 Å². The summed E-state index contributed by atoms with van der Waals surface area (Å²) in [4.78, 5) is 13.6. The van der Waals surface area contributed by atoms with E-state index < -0.39 is 0 Å². The summed E-state index contributed by atoms with van der Waals surface area (Å²) in [5.74, 6) is -0.225. The molecule has 0 saturated heterocycles. The van der Waals surface area contributed by atoms with Crippen LogP contribution in [0.4, 0.5) is 5.69 Å². The normalized spacial score (nSPS) is 11.4. The van der Waals surface area contributed by atoms with Crippen molar-refractivity contribution < 1.29 is 9.90 Å². The van der Waals surface area contributed by atoms with Crippen LogP contribution >= 0.6 is 0 Å². The topological polar surface area (TPSA) is 76.4 Å². The fraction of sp³-hybridized carbons (Fsp3) is 0.429. The van der Waals surface area contributed by atoms with Gasteiger partial charge >= 0.3 is 0 Å². The number of carbonyl (C=O) groups is 1. The number of para-hydroxylation sites is 1. The van der Waals surface area contributed by atoms with Gasteiger partial charge in [-0.2, -0.15) is 5.26 Å². The van der Waals surface area contributed by atoms with Crippen LogP contribution in [-0.4, -0.2) is 36.8 Å². The SMILES string of the molecule is CCC(CO)N(CC(=O)NCC#N)c1ccccc1. The molecule has 0 aliphatic rings. The summed E-state index contributed by atoms with van der Waals surface area (Å²) < 4.78 is 0. The maximum atomic E-state index is 11.7. The standard InChI is InChI=1S/C14H19N3O2/c1-2-12(11-18)17(10-14(19)16-9-8-15)13-6-4-3-5-7-13/h3-7,12,18H,2,9-11H2,1H3,(H,16,19). The predicted molar refractivity (Wildman–Crippen MR) is 73.6 cm³/mol. The first kappa shape index (κ1) is 15.0. The Morgan fingerprint density at radius 1 is 1.47 bits per heavy atom. The van der Waals surface area contributed by atoms with E-state index in [1.807, 2.05) is 48.2 Å². The smallest absolute Gasteiger partial charge is 0.240 e. The Bertz CT molecular complexity index is 424. The van der Waals surface area contributed by atoms with E-state index in [1.54, 1.807) is 0 Å². The van der Waals surface area contributed by atoms with E-state index in [0.717, 1.165) is 12.1 Å². The van der Waals surface area contributed by atoms with Gasteiger partial charge in [-0.25, -0.2) is 0 Å². The highest BCUT2D eigenvalue weighted by Crippen LogP contribution is 2.17. The number of anilines is 1. The zero-order valence-corrected chi connectivity index (χ0v) is 11.0. The summed E-state index contributed by atoms with van der Waals surface area (Å²) in [5.41, 5.74) is 0.885. The molecule has 1 rings (SSSR count). The Hall–Kier alpha value is -2.06. The maximum Gasteiger partial charge on any atom is 0.240 e. The van der Waals surface area contributed by atoms with Gasteiger partial charge < -0.3 is 15.3 Å². The highest BCUT2D eigenvalue weighted by Gasteiger charge is 2.19. The second-order valence-electron chi connectivity index (χ2n) is 4.14. The molecule has 102 valence electrons.